The van der Waals surface area contributed by atoms with Gasteiger partial charge in [-0.15, -0.1) is 0 Å². The average Bonchev–Trinajstić information content (AvgIpc) is 2.67. The van der Waals surface area contributed by atoms with Crippen molar-refractivity contribution in [2.45, 2.75) is 70.4 Å². The molecule has 2 fully saturated rings. The Bertz CT molecular complexity index is 209. The van der Waals surface area contributed by atoms with E-state index < -0.39 is 0 Å². The molecule has 2 nitrogen and oxygen atoms in total. The van der Waals surface area contributed by atoms with Crippen molar-refractivity contribution in [1.82, 2.24) is 4.90 Å². The molecule has 0 aliphatic heterocycles. The first-order chi connectivity index (χ1) is 7.68. The number of hydrogen-bond acceptors (Lipinski definition) is 2. The van der Waals surface area contributed by atoms with Crippen LogP contribution in [0.25, 0.3) is 0 Å². The summed E-state index contributed by atoms with van der Waals surface area (Å²) in [5.41, 5.74) is 6.46. The molecule has 16 heavy (non-hydrogen) atoms. The topological polar surface area (TPSA) is 29.3 Å². The first-order valence-corrected chi connectivity index (χ1v) is 7.15. The average molecular weight is 224 g/mol. The Hall–Kier alpha value is -0.0800. The Kier molecular flexibility index (Phi) is 3.91. The molecule has 0 aromatic rings. The number of nitrogens with zero attached hydrogens (tertiary/aromatic N) is 1. The Balaban J connectivity index is 2.06. The van der Waals surface area contributed by atoms with Gasteiger partial charge in [-0.1, -0.05) is 26.7 Å². The highest BCUT2D eigenvalue weighted by Crippen LogP contribution is 2.41. The zero-order valence-corrected chi connectivity index (χ0v) is 11.0. The molecule has 0 radical (unpaired) electrons. The van der Waals surface area contributed by atoms with Crippen LogP contribution in [0, 0.1) is 5.92 Å². The summed E-state index contributed by atoms with van der Waals surface area (Å²) >= 11 is 0. The van der Waals surface area contributed by atoms with Crippen LogP contribution in [-0.4, -0.2) is 29.6 Å². The van der Waals surface area contributed by atoms with Crippen LogP contribution in [0.2, 0.25) is 0 Å². The van der Waals surface area contributed by atoms with Crippen LogP contribution < -0.4 is 5.73 Å². The van der Waals surface area contributed by atoms with Crippen molar-refractivity contribution in [3.05, 3.63) is 0 Å². The van der Waals surface area contributed by atoms with E-state index >= 15 is 0 Å². The van der Waals surface area contributed by atoms with Gasteiger partial charge in [0.2, 0.25) is 0 Å². The molecule has 0 bridgehead atoms. The lowest BCUT2D eigenvalue weighted by atomic mass is 9.74. The van der Waals surface area contributed by atoms with Crippen molar-refractivity contribution in [2.24, 2.45) is 11.7 Å². The van der Waals surface area contributed by atoms with Gasteiger partial charge in [-0.3, -0.25) is 4.90 Å². The maximum Gasteiger partial charge on any atom is 0.0334 e. The van der Waals surface area contributed by atoms with Gasteiger partial charge in [0.05, 0.1) is 0 Å². The fourth-order valence-electron chi connectivity index (χ4n) is 3.53. The first kappa shape index (κ1) is 12.4. The van der Waals surface area contributed by atoms with Gasteiger partial charge in [-0.05, 0) is 38.0 Å². The molecule has 2 saturated carbocycles. The van der Waals surface area contributed by atoms with E-state index in [0.29, 0.717) is 5.54 Å². The number of nitrogens with two attached hydrogens (primary N) is 1. The number of rotatable bonds is 5. The molecule has 2 aliphatic carbocycles. The smallest absolute Gasteiger partial charge is 0.0334 e. The van der Waals surface area contributed by atoms with Crippen molar-refractivity contribution in [3.63, 3.8) is 0 Å². The second kappa shape index (κ2) is 5.05. The lowest BCUT2D eigenvalue weighted by Crippen LogP contribution is -2.62. The van der Waals surface area contributed by atoms with Gasteiger partial charge in [-0.2, -0.15) is 0 Å². The Morgan fingerprint density at radius 3 is 2.19 bits per heavy atom. The third kappa shape index (κ3) is 2.28. The minimum absolute atomic E-state index is 0.388. The van der Waals surface area contributed by atoms with Crippen LogP contribution in [0.4, 0.5) is 0 Å². The lowest BCUT2D eigenvalue weighted by molar-refractivity contribution is -0.0176. The van der Waals surface area contributed by atoms with Gasteiger partial charge >= 0.3 is 0 Å². The van der Waals surface area contributed by atoms with Crippen LogP contribution in [0.3, 0.4) is 0 Å². The molecule has 0 aromatic heterocycles. The molecule has 2 heteroatoms. The second-order valence-corrected chi connectivity index (χ2v) is 6.27. The fourth-order valence-corrected chi connectivity index (χ4v) is 3.53. The molecule has 2 rings (SSSR count). The highest BCUT2D eigenvalue weighted by molar-refractivity contribution is 5.02. The molecule has 0 spiro atoms. The molecule has 0 saturated heterocycles. The lowest BCUT2D eigenvalue weighted by Gasteiger charge is -2.53. The third-order valence-electron chi connectivity index (χ3n) is 4.60. The van der Waals surface area contributed by atoms with Crippen LogP contribution >= 0.6 is 0 Å². The zero-order valence-electron chi connectivity index (χ0n) is 11.0. The highest BCUT2D eigenvalue weighted by Gasteiger charge is 2.44. The molecule has 94 valence electrons. The predicted molar refractivity (Wildman–Crippen MR) is 69.4 cm³/mol. The second-order valence-electron chi connectivity index (χ2n) is 6.27. The van der Waals surface area contributed by atoms with E-state index in [4.69, 9.17) is 5.73 Å². The monoisotopic (exact) mass is 224 g/mol. The van der Waals surface area contributed by atoms with Crippen molar-refractivity contribution in [2.75, 3.05) is 13.1 Å². The summed E-state index contributed by atoms with van der Waals surface area (Å²) in [4.78, 5) is 2.80. The van der Waals surface area contributed by atoms with E-state index in [-0.39, 0.29) is 0 Å². The van der Waals surface area contributed by atoms with Crippen LogP contribution in [0.1, 0.15) is 58.8 Å². The van der Waals surface area contributed by atoms with Gasteiger partial charge in [0, 0.05) is 24.7 Å². The summed E-state index contributed by atoms with van der Waals surface area (Å²) in [7, 11) is 0. The molecular formula is C14H28N2. The van der Waals surface area contributed by atoms with Crippen LogP contribution in [-0.2, 0) is 0 Å². The maximum atomic E-state index is 6.07. The highest BCUT2D eigenvalue weighted by atomic mass is 15.2. The minimum Gasteiger partial charge on any atom is -0.329 e. The summed E-state index contributed by atoms with van der Waals surface area (Å²) in [5, 5.41) is 0. The summed E-state index contributed by atoms with van der Waals surface area (Å²) in [5.74, 6) is 0.768. The van der Waals surface area contributed by atoms with Crippen molar-refractivity contribution < 1.29 is 0 Å². The SMILES string of the molecule is CC(C)CN(C1CCCC1)C1(CN)CCC1. The molecular weight excluding hydrogens is 196 g/mol. The summed E-state index contributed by atoms with van der Waals surface area (Å²) in [6, 6.07) is 0.839. The van der Waals surface area contributed by atoms with E-state index in [9.17, 15) is 0 Å². The fraction of sp³-hybridized carbons (Fsp3) is 1.00. The molecule has 0 heterocycles. The minimum atomic E-state index is 0.388. The maximum absolute atomic E-state index is 6.07. The Morgan fingerprint density at radius 1 is 1.19 bits per heavy atom. The molecule has 2 N–H and O–H groups in total. The van der Waals surface area contributed by atoms with Gasteiger partial charge in [0.15, 0.2) is 0 Å². The quantitative estimate of drug-likeness (QED) is 0.778. The predicted octanol–water partition coefficient (Wildman–Crippen LogP) is 2.77. The van der Waals surface area contributed by atoms with Crippen molar-refractivity contribution in [1.29, 1.82) is 0 Å². The van der Waals surface area contributed by atoms with Crippen LogP contribution in [0.5, 0.6) is 0 Å². The summed E-state index contributed by atoms with van der Waals surface area (Å²) in [6.07, 6.45) is 9.75. The zero-order chi connectivity index (χ0) is 11.6. The molecule has 0 atom stereocenters. The molecule has 0 aromatic carbocycles. The van der Waals surface area contributed by atoms with Gasteiger partial charge in [0.1, 0.15) is 0 Å². The summed E-state index contributed by atoms with van der Waals surface area (Å²) < 4.78 is 0. The largest absolute Gasteiger partial charge is 0.329 e. The van der Waals surface area contributed by atoms with Crippen molar-refractivity contribution >= 4 is 0 Å². The van der Waals surface area contributed by atoms with E-state index in [2.05, 4.69) is 18.7 Å². The standard InChI is InChI=1S/C14H28N2/c1-12(2)10-16(13-6-3-4-7-13)14(11-15)8-5-9-14/h12-13H,3-11,15H2,1-2H3. The van der Waals surface area contributed by atoms with E-state index in [1.807, 2.05) is 0 Å². The first-order valence-electron chi connectivity index (χ1n) is 7.15. The molecule has 2 aliphatic rings. The Morgan fingerprint density at radius 2 is 1.81 bits per heavy atom. The number of hydrogen-bond donors (Lipinski definition) is 1. The Labute approximate surface area is 101 Å². The van der Waals surface area contributed by atoms with Crippen LogP contribution in [0.15, 0.2) is 0 Å². The van der Waals surface area contributed by atoms with E-state index in [0.717, 1.165) is 18.5 Å². The summed E-state index contributed by atoms with van der Waals surface area (Å²) in [6.45, 7) is 6.80. The van der Waals surface area contributed by atoms with Gasteiger partial charge in [-0.25, -0.2) is 0 Å². The molecule has 0 amide bonds. The third-order valence-corrected chi connectivity index (χ3v) is 4.60. The van der Waals surface area contributed by atoms with E-state index in [1.54, 1.807) is 0 Å². The van der Waals surface area contributed by atoms with Gasteiger partial charge in [0.25, 0.3) is 0 Å². The molecule has 0 unspecified atom stereocenters. The normalized spacial score (nSPS) is 25.3. The van der Waals surface area contributed by atoms with Gasteiger partial charge < -0.3 is 5.73 Å². The van der Waals surface area contributed by atoms with E-state index in [1.165, 1.54) is 51.5 Å². The van der Waals surface area contributed by atoms with Crippen molar-refractivity contribution in [3.8, 4) is 0 Å².